The van der Waals surface area contributed by atoms with E-state index in [0.29, 0.717) is 22.1 Å². The highest BCUT2D eigenvalue weighted by atomic mass is 32.2. The number of aryl methyl sites for hydroxylation is 1. The maximum absolute atomic E-state index is 12.7. The average molecular weight is 282 g/mol. The topological polar surface area (TPSA) is 63.4 Å². The van der Waals surface area contributed by atoms with E-state index in [1.807, 2.05) is 13.8 Å². The molecule has 1 fully saturated rings. The van der Waals surface area contributed by atoms with Crippen LogP contribution < -0.4 is 5.73 Å². The molecule has 0 heterocycles. The van der Waals surface area contributed by atoms with Gasteiger partial charge in [-0.3, -0.25) is 0 Å². The van der Waals surface area contributed by atoms with Crippen LogP contribution in [-0.2, 0) is 10.0 Å². The van der Waals surface area contributed by atoms with E-state index in [1.54, 1.807) is 26.1 Å². The van der Waals surface area contributed by atoms with Crippen molar-refractivity contribution < 1.29 is 8.42 Å². The van der Waals surface area contributed by atoms with Gasteiger partial charge in [0.2, 0.25) is 10.0 Å². The first kappa shape index (κ1) is 14.3. The zero-order valence-corrected chi connectivity index (χ0v) is 12.8. The molecule has 1 aromatic carbocycles. The molecule has 4 nitrogen and oxygen atoms in total. The number of hydrogen-bond acceptors (Lipinski definition) is 3. The van der Waals surface area contributed by atoms with Crippen molar-refractivity contribution in [3.63, 3.8) is 0 Å². The first-order valence-electron chi connectivity index (χ1n) is 6.60. The van der Waals surface area contributed by atoms with Gasteiger partial charge in [0.05, 0.1) is 4.90 Å². The van der Waals surface area contributed by atoms with Gasteiger partial charge in [0, 0.05) is 18.8 Å². The standard InChI is InChI=1S/C14H22N2O2S/c1-9-7-13(15)10(2)14(8-9)19(17,18)16(4)11(3)12-5-6-12/h7-8,11-12H,5-6,15H2,1-4H3. The van der Waals surface area contributed by atoms with Crippen molar-refractivity contribution in [2.75, 3.05) is 12.8 Å². The van der Waals surface area contributed by atoms with Crippen molar-refractivity contribution >= 4 is 15.7 Å². The van der Waals surface area contributed by atoms with Gasteiger partial charge in [-0.15, -0.1) is 0 Å². The Kier molecular flexibility index (Phi) is 3.62. The summed E-state index contributed by atoms with van der Waals surface area (Å²) in [4.78, 5) is 0.333. The third-order valence-electron chi connectivity index (χ3n) is 4.08. The van der Waals surface area contributed by atoms with Crippen molar-refractivity contribution in [2.24, 2.45) is 5.92 Å². The zero-order chi connectivity index (χ0) is 14.4. The lowest BCUT2D eigenvalue weighted by Gasteiger charge is -2.25. The minimum atomic E-state index is -3.47. The molecular weight excluding hydrogens is 260 g/mol. The number of nitrogens with two attached hydrogens (primary N) is 1. The van der Waals surface area contributed by atoms with Gasteiger partial charge in [0.25, 0.3) is 0 Å². The molecule has 0 spiro atoms. The van der Waals surface area contributed by atoms with Crippen LogP contribution in [0.1, 0.15) is 30.9 Å². The summed E-state index contributed by atoms with van der Waals surface area (Å²) in [6.07, 6.45) is 2.24. The Balaban J connectivity index is 2.44. The molecular formula is C14H22N2O2S. The van der Waals surface area contributed by atoms with Crippen LogP contribution in [0, 0.1) is 19.8 Å². The maximum atomic E-state index is 12.7. The molecule has 0 aromatic heterocycles. The van der Waals surface area contributed by atoms with E-state index in [-0.39, 0.29) is 6.04 Å². The molecule has 0 saturated heterocycles. The van der Waals surface area contributed by atoms with Gasteiger partial charge in [0.1, 0.15) is 0 Å². The highest BCUT2D eigenvalue weighted by Gasteiger charge is 2.36. The maximum Gasteiger partial charge on any atom is 0.243 e. The van der Waals surface area contributed by atoms with Crippen LogP contribution >= 0.6 is 0 Å². The van der Waals surface area contributed by atoms with E-state index in [0.717, 1.165) is 18.4 Å². The van der Waals surface area contributed by atoms with E-state index in [2.05, 4.69) is 0 Å². The van der Waals surface area contributed by atoms with E-state index >= 15 is 0 Å². The van der Waals surface area contributed by atoms with Crippen LogP contribution in [0.4, 0.5) is 5.69 Å². The van der Waals surface area contributed by atoms with E-state index in [9.17, 15) is 8.42 Å². The fraction of sp³-hybridized carbons (Fsp3) is 0.571. The highest BCUT2D eigenvalue weighted by molar-refractivity contribution is 7.89. The molecule has 106 valence electrons. The normalized spacial score (nSPS) is 17.7. The predicted octanol–water partition coefficient (Wildman–Crippen LogP) is 2.30. The molecule has 1 saturated carbocycles. The van der Waals surface area contributed by atoms with Gasteiger partial charge in [0.15, 0.2) is 0 Å². The first-order chi connectivity index (χ1) is 8.75. The van der Waals surface area contributed by atoms with E-state index in [4.69, 9.17) is 5.73 Å². The number of nitrogen functional groups attached to an aromatic ring is 1. The minimum absolute atomic E-state index is 0.0473. The fourth-order valence-electron chi connectivity index (χ4n) is 2.37. The predicted molar refractivity (Wildman–Crippen MR) is 77.5 cm³/mol. The lowest BCUT2D eigenvalue weighted by atomic mass is 10.1. The largest absolute Gasteiger partial charge is 0.398 e. The number of rotatable bonds is 4. The van der Waals surface area contributed by atoms with Crippen molar-refractivity contribution in [3.8, 4) is 0 Å². The molecule has 1 unspecified atom stereocenters. The molecule has 19 heavy (non-hydrogen) atoms. The molecule has 0 bridgehead atoms. The summed E-state index contributed by atoms with van der Waals surface area (Å²) in [6, 6.07) is 3.56. The molecule has 1 aliphatic rings. The van der Waals surface area contributed by atoms with Crippen molar-refractivity contribution in [2.45, 2.75) is 44.6 Å². The van der Waals surface area contributed by atoms with Gasteiger partial charge in [-0.1, -0.05) is 0 Å². The second kappa shape index (κ2) is 4.80. The fourth-order valence-corrected chi connectivity index (χ4v) is 4.13. The van der Waals surface area contributed by atoms with Crippen LogP contribution in [0.15, 0.2) is 17.0 Å². The molecule has 2 N–H and O–H groups in total. The van der Waals surface area contributed by atoms with Gasteiger partial charge in [-0.05, 0) is 62.8 Å². The number of sulfonamides is 1. The van der Waals surface area contributed by atoms with Crippen LogP contribution in [0.3, 0.4) is 0 Å². The van der Waals surface area contributed by atoms with Crippen LogP contribution in [0.2, 0.25) is 0 Å². The Morgan fingerprint density at radius 3 is 2.42 bits per heavy atom. The second-order valence-electron chi connectivity index (χ2n) is 5.58. The third-order valence-corrected chi connectivity index (χ3v) is 6.15. The summed E-state index contributed by atoms with van der Waals surface area (Å²) in [5, 5.41) is 0. The molecule has 0 aliphatic heterocycles. The molecule has 1 aliphatic carbocycles. The Hall–Kier alpha value is -1.07. The lowest BCUT2D eigenvalue weighted by molar-refractivity contribution is 0.357. The number of nitrogens with zero attached hydrogens (tertiary/aromatic N) is 1. The summed E-state index contributed by atoms with van der Waals surface area (Å²) < 4.78 is 26.9. The van der Waals surface area contributed by atoms with Crippen molar-refractivity contribution in [3.05, 3.63) is 23.3 Å². The summed E-state index contributed by atoms with van der Waals surface area (Å²) in [5.74, 6) is 0.502. The summed E-state index contributed by atoms with van der Waals surface area (Å²) >= 11 is 0. The SMILES string of the molecule is Cc1cc(N)c(C)c(S(=O)(=O)N(C)C(C)C2CC2)c1. The lowest BCUT2D eigenvalue weighted by Crippen LogP contribution is -2.36. The number of hydrogen-bond donors (Lipinski definition) is 1. The summed E-state index contributed by atoms with van der Waals surface area (Å²) in [7, 11) is -1.80. The highest BCUT2D eigenvalue weighted by Crippen LogP contribution is 2.37. The Morgan fingerprint density at radius 2 is 1.89 bits per heavy atom. The van der Waals surface area contributed by atoms with Gasteiger partial charge in [-0.2, -0.15) is 4.31 Å². The first-order valence-corrected chi connectivity index (χ1v) is 8.04. The molecule has 0 amide bonds. The molecule has 5 heteroatoms. The van der Waals surface area contributed by atoms with Crippen LogP contribution in [0.5, 0.6) is 0 Å². The van der Waals surface area contributed by atoms with Crippen LogP contribution in [0.25, 0.3) is 0 Å². The third kappa shape index (κ3) is 2.62. The van der Waals surface area contributed by atoms with Crippen LogP contribution in [-0.4, -0.2) is 25.8 Å². The summed E-state index contributed by atoms with van der Waals surface area (Å²) in [5.41, 5.74) is 7.93. The molecule has 2 rings (SSSR count). The molecule has 1 aromatic rings. The monoisotopic (exact) mass is 282 g/mol. The Morgan fingerprint density at radius 1 is 1.32 bits per heavy atom. The molecule has 1 atom stereocenters. The Bertz CT molecular complexity index is 592. The van der Waals surface area contributed by atoms with Gasteiger partial charge < -0.3 is 5.73 Å². The quantitative estimate of drug-likeness (QED) is 0.862. The minimum Gasteiger partial charge on any atom is -0.398 e. The number of benzene rings is 1. The Labute approximate surface area is 115 Å². The van der Waals surface area contributed by atoms with E-state index < -0.39 is 10.0 Å². The number of anilines is 1. The van der Waals surface area contributed by atoms with Crippen molar-refractivity contribution in [1.82, 2.24) is 4.31 Å². The zero-order valence-electron chi connectivity index (χ0n) is 12.0. The second-order valence-corrected chi connectivity index (χ2v) is 7.54. The average Bonchev–Trinajstić information content (AvgIpc) is 3.15. The van der Waals surface area contributed by atoms with Crippen molar-refractivity contribution in [1.29, 1.82) is 0 Å². The molecule has 0 radical (unpaired) electrons. The smallest absolute Gasteiger partial charge is 0.243 e. The van der Waals surface area contributed by atoms with Gasteiger partial charge in [-0.25, -0.2) is 8.42 Å². The summed E-state index contributed by atoms with van der Waals surface area (Å²) in [6.45, 7) is 5.60. The van der Waals surface area contributed by atoms with E-state index in [1.165, 1.54) is 4.31 Å². The van der Waals surface area contributed by atoms with Gasteiger partial charge >= 0.3 is 0 Å².